The lowest BCUT2D eigenvalue weighted by Crippen LogP contribution is -2.46. The molecule has 0 radical (unpaired) electrons. The molecule has 21 heavy (non-hydrogen) atoms. The van der Waals surface area contributed by atoms with E-state index in [2.05, 4.69) is 17.1 Å². The first-order valence-corrected chi connectivity index (χ1v) is 7.52. The highest BCUT2D eigenvalue weighted by Crippen LogP contribution is 2.10. The van der Waals surface area contributed by atoms with Crippen LogP contribution in [0.15, 0.2) is 24.3 Å². The van der Waals surface area contributed by atoms with Crippen molar-refractivity contribution in [2.24, 2.45) is 0 Å². The predicted octanol–water partition coefficient (Wildman–Crippen LogP) is 1.94. The molecule has 1 fully saturated rings. The zero-order chi connectivity index (χ0) is 15.1. The summed E-state index contributed by atoms with van der Waals surface area (Å²) in [5, 5.41) is 2.87. The highest BCUT2D eigenvalue weighted by atomic mass is 19.1. The fraction of sp³-hybridized carbons (Fsp3) is 0.562. The molecule has 1 aliphatic rings. The van der Waals surface area contributed by atoms with Gasteiger partial charge in [0.05, 0.1) is 13.2 Å². The van der Waals surface area contributed by atoms with E-state index in [1.54, 1.807) is 12.1 Å². The minimum atomic E-state index is -0.261. The van der Waals surface area contributed by atoms with Gasteiger partial charge in [0.25, 0.3) is 0 Å². The molecule has 116 valence electrons. The van der Waals surface area contributed by atoms with E-state index in [1.165, 1.54) is 12.1 Å². The number of hydrogen-bond acceptors (Lipinski definition) is 3. The summed E-state index contributed by atoms with van der Waals surface area (Å²) in [6.07, 6.45) is 1.52. The second-order valence-electron chi connectivity index (χ2n) is 5.33. The quantitative estimate of drug-likeness (QED) is 0.872. The molecule has 0 unspecified atom stereocenters. The second kappa shape index (κ2) is 8.10. The number of ether oxygens (including phenoxy) is 1. The Balaban J connectivity index is 1.70. The van der Waals surface area contributed by atoms with Crippen LogP contribution >= 0.6 is 0 Å². The molecule has 1 aromatic carbocycles. The lowest BCUT2D eigenvalue weighted by Gasteiger charge is -2.34. The number of carbonyl (C=O) groups is 1. The van der Waals surface area contributed by atoms with Gasteiger partial charge >= 0.3 is 0 Å². The Kier molecular flexibility index (Phi) is 6.14. The standard InChI is InChI=1S/C16H23FN2O2/c1-2-15-12-21-10-9-19(15)8-7-16(20)18-11-13-3-5-14(17)6-4-13/h3-6,15H,2,7-12H2,1H3,(H,18,20)/t15-/m0/s1. The fourth-order valence-corrected chi connectivity index (χ4v) is 2.50. The average molecular weight is 294 g/mol. The number of amides is 1. The van der Waals surface area contributed by atoms with Crippen molar-refractivity contribution < 1.29 is 13.9 Å². The first kappa shape index (κ1) is 15.9. The van der Waals surface area contributed by atoms with Gasteiger partial charge in [-0.05, 0) is 24.1 Å². The zero-order valence-electron chi connectivity index (χ0n) is 12.5. The van der Waals surface area contributed by atoms with Gasteiger partial charge in [0.1, 0.15) is 5.82 Å². The topological polar surface area (TPSA) is 41.6 Å². The van der Waals surface area contributed by atoms with E-state index >= 15 is 0 Å². The number of rotatable bonds is 6. The van der Waals surface area contributed by atoms with E-state index in [0.29, 0.717) is 19.0 Å². The van der Waals surface area contributed by atoms with Crippen molar-refractivity contribution >= 4 is 5.91 Å². The molecule has 0 aromatic heterocycles. The van der Waals surface area contributed by atoms with Crippen LogP contribution in [-0.4, -0.2) is 43.2 Å². The Hall–Kier alpha value is -1.46. The molecular formula is C16H23FN2O2. The van der Waals surface area contributed by atoms with Crippen molar-refractivity contribution in [2.75, 3.05) is 26.3 Å². The minimum absolute atomic E-state index is 0.0284. The summed E-state index contributed by atoms with van der Waals surface area (Å²) in [6, 6.07) is 6.60. The number of nitrogens with one attached hydrogen (secondary N) is 1. The van der Waals surface area contributed by atoms with E-state index in [4.69, 9.17) is 4.74 Å². The largest absolute Gasteiger partial charge is 0.378 e. The fourth-order valence-electron chi connectivity index (χ4n) is 2.50. The van der Waals surface area contributed by atoms with Crippen LogP contribution in [0.4, 0.5) is 4.39 Å². The Morgan fingerprint density at radius 3 is 2.90 bits per heavy atom. The molecule has 1 N–H and O–H groups in total. The second-order valence-corrected chi connectivity index (χ2v) is 5.33. The van der Waals surface area contributed by atoms with Crippen LogP contribution in [0.25, 0.3) is 0 Å². The summed E-state index contributed by atoms with van der Waals surface area (Å²) >= 11 is 0. The number of hydrogen-bond donors (Lipinski definition) is 1. The summed E-state index contributed by atoms with van der Waals surface area (Å²) in [7, 11) is 0. The van der Waals surface area contributed by atoms with Crippen LogP contribution < -0.4 is 5.32 Å². The molecular weight excluding hydrogens is 271 g/mol. The molecule has 1 aromatic rings. The summed E-state index contributed by atoms with van der Waals surface area (Å²) < 4.78 is 18.2. The molecule has 2 rings (SSSR count). The maximum absolute atomic E-state index is 12.8. The maximum atomic E-state index is 12.8. The summed E-state index contributed by atoms with van der Waals surface area (Å²) in [5.74, 6) is -0.233. The molecule has 1 saturated heterocycles. The van der Waals surface area contributed by atoms with Crippen LogP contribution in [0.1, 0.15) is 25.3 Å². The summed E-state index contributed by atoms with van der Waals surface area (Å²) in [4.78, 5) is 14.2. The van der Waals surface area contributed by atoms with Gasteiger partial charge in [0.15, 0.2) is 0 Å². The van der Waals surface area contributed by atoms with Crippen molar-refractivity contribution in [3.05, 3.63) is 35.6 Å². The van der Waals surface area contributed by atoms with Gasteiger partial charge < -0.3 is 10.1 Å². The van der Waals surface area contributed by atoms with Crippen molar-refractivity contribution in [1.82, 2.24) is 10.2 Å². The van der Waals surface area contributed by atoms with Crippen molar-refractivity contribution in [2.45, 2.75) is 32.4 Å². The van der Waals surface area contributed by atoms with Gasteiger partial charge in [0, 0.05) is 32.1 Å². The van der Waals surface area contributed by atoms with Gasteiger partial charge in [-0.25, -0.2) is 4.39 Å². The van der Waals surface area contributed by atoms with E-state index in [-0.39, 0.29) is 11.7 Å². The number of morpholine rings is 1. The third kappa shape index (κ3) is 5.10. The minimum Gasteiger partial charge on any atom is -0.378 e. The molecule has 1 aliphatic heterocycles. The molecule has 5 heteroatoms. The lowest BCUT2D eigenvalue weighted by molar-refractivity contribution is -0.122. The first-order chi connectivity index (χ1) is 10.2. The van der Waals surface area contributed by atoms with Crippen LogP contribution in [0.5, 0.6) is 0 Å². The van der Waals surface area contributed by atoms with Gasteiger partial charge in [-0.1, -0.05) is 19.1 Å². The van der Waals surface area contributed by atoms with Gasteiger partial charge in [-0.3, -0.25) is 9.69 Å². The average Bonchev–Trinajstić information content (AvgIpc) is 2.52. The zero-order valence-corrected chi connectivity index (χ0v) is 12.5. The van der Waals surface area contributed by atoms with Crippen molar-refractivity contribution in [3.63, 3.8) is 0 Å². The van der Waals surface area contributed by atoms with E-state index in [1.807, 2.05) is 0 Å². The molecule has 1 amide bonds. The molecule has 1 heterocycles. The molecule has 4 nitrogen and oxygen atoms in total. The van der Waals surface area contributed by atoms with Gasteiger partial charge in [-0.2, -0.15) is 0 Å². The third-order valence-corrected chi connectivity index (χ3v) is 3.85. The summed E-state index contributed by atoms with van der Waals surface area (Å²) in [5.41, 5.74) is 0.905. The molecule has 0 aliphatic carbocycles. The monoisotopic (exact) mass is 294 g/mol. The Bertz CT molecular complexity index is 450. The first-order valence-electron chi connectivity index (χ1n) is 7.52. The number of halogens is 1. The Morgan fingerprint density at radius 2 is 2.19 bits per heavy atom. The number of carbonyl (C=O) groups excluding carboxylic acids is 1. The predicted molar refractivity (Wildman–Crippen MR) is 79.3 cm³/mol. The molecule has 0 saturated carbocycles. The van der Waals surface area contributed by atoms with E-state index in [9.17, 15) is 9.18 Å². The van der Waals surface area contributed by atoms with Crippen LogP contribution in [0.3, 0.4) is 0 Å². The molecule has 0 spiro atoms. The molecule has 0 bridgehead atoms. The molecule has 1 atom stereocenters. The highest BCUT2D eigenvalue weighted by Gasteiger charge is 2.21. The van der Waals surface area contributed by atoms with Crippen LogP contribution in [0.2, 0.25) is 0 Å². The lowest BCUT2D eigenvalue weighted by atomic mass is 10.1. The normalized spacial score (nSPS) is 19.4. The summed E-state index contributed by atoms with van der Waals surface area (Å²) in [6.45, 7) is 5.74. The van der Waals surface area contributed by atoms with Crippen LogP contribution in [-0.2, 0) is 16.1 Å². The van der Waals surface area contributed by atoms with Crippen molar-refractivity contribution in [3.8, 4) is 0 Å². The number of nitrogens with zero attached hydrogens (tertiary/aromatic N) is 1. The highest BCUT2D eigenvalue weighted by molar-refractivity contribution is 5.76. The van der Waals surface area contributed by atoms with Crippen LogP contribution in [0, 0.1) is 5.82 Å². The Labute approximate surface area is 125 Å². The maximum Gasteiger partial charge on any atom is 0.221 e. The third-order valence-electron chi connectivity index (χ3n) is 3.85. The number of benzene rings is 1. The van der Waals surface area contributed by atoms with E-state index < -0.39 is 0 Å². The SMILES string of the molecule is CC[C@H]1COCCN1CCC(=O)NCc1ccc(F)cc1. The Morgan fingerprint density at radius 1 is 1.43 bits per heavy atom. The van der Waals surface area contributed by atoms with Gasteiger partial charge in [-0.15, -0.1) is 0 Å². The van der Waals surface area contributed by atoms with Crippen molar-refractivity contribution in [1.29, 1.82) is 0 Å². The van der Waals surface area contributed by atoms with Gasteiger partial charge in [0.2, 0.25) is 5.91 Å². The smallest absolute Gasteiger partial charge is 0.221 e. The van der Waals surface area contributed by atoms with E-state index in [0.717, 1.165) is 38.3 Å².